The molecule has 100 valence electrons. The highest BCUT2D eigenvalue weighted by Gasteiger charge is 2.56. The molecule has 3 fully saturated rings. The van der Waals surface area contributed by atoms with Gasteiger partial charge in [-0.3, -0.25) is 9.59 Å². The number of ether oxygens (including phenoxy) is 1. The number of hydrogen-bond donors (Lipinski definition) is 1. The van der Waals surface area contributed by atoms with E-state index in [4.69, 9.17) is 9.84 Å². The van der Waals surface area contributed by atoms with Gasteiger partial charge in [-0.25, -0.2) is 0 Å². The summed E-state index contributed by atoms with van der Waals surface area (Å²) in [5.74, 6) is -1.63. The average Bonchev–Trinajstić information content (AvgIpc) is 2.90. The molecule has 0 unspecified atom stereocenters. The van der Waals surface area contributed by atoms with Crippen molar-refractivity contribution in [3.05, 3.63) is 0 Å². The summed E-state index contributed by atoms with van der Waals surface area (Å²) >= 11 is 0. The zero-order valence-corrected chi connectivity index (χ0v) is 10.6. The Morgan fingerprint density at radius 3 is 2.50 bits per heavy atom. The van der Waals surface area contributed by atoms with Crippen LogP contribution >= 0.6 is 0 Å². The van der Waals surface area contributed by atoms with Gasteiger partial charge in [-0.15, -0.1) is 0 Å². The maximum Gasteiger partial charge on any atom is 0.307 e. The molecule has 1 spiro atoms. The first-order chi connectivity index (χ1) is 8.53. The van der Waals surface area contributed by atoms with Gasteiger partial charge in [0.15, 0.2) is 0 Å². The Morgan fingerprint density at radius 1 is 1.28 bits per heavy atom. The van der Waals surface area contributed by atoms with E-state index >= 15 is 0 Å². The molecule has 0 bridgehead atoms. The normalized spacial score (nSPS) is 37.2. The Hall–Kier alpha value is -1.10. The zero-order valence-electron chi connectivity index (χ0n) is 10.6. The molecule has 5 heteroatoms. The van der Waals surface area contributed by atoms with Crippen molar-refractivity contribution < 1.29 is 19.4 Å². The number of rotatable bonds is 2. The highest BCUT2D eigenvalue weighted by Crippen LogP contribution is 2.47. The summed E-state index contributed by atoms with van der Waals surface area (Å²) in [5.41, 5.74) is -0.415. The van der Waals surface area contributed by atoms with Crippen LogP contribution in [0.4, 0.5) is 0 Å². The predicted molar refractivity (Wildman–Crippen MR) is 62.7 cm³/mol. The highest BCUT2D eigenvalue weighted by molar-refractivity contribution is 5.90. The molecule has 3 rings (SSSR count). The van der Waals surface area contributed by atoms with Gasteiger partial charge in [0.2, 0.25) is 5.91 Å². The first-order valence-corrected chi connectivity index (χ1v) is 6.76. The Balaban J connectivity index is 1.75. The minimum atomic E-state index is -0.845. The van der Waals surface area contributed by atoms with Crippen molar-refractivity contribution >= 4 is 11.9 Å². The molecule has 18 heavy (non-hydrogen) atoms. The van der Waals surface area contributed by atoms with E-state index in [0.29, 0.717) is 13.0 Å². The lowest BCUT2D eigenvalue weighted by atomic mass is 10.1. The number of carbonyl (C=O) groups excluding carboxylic acids is 1. The molecule has 5 nitrogen and oxygen atoms in total. The fourth-order valence-corrected chi connectivity index (χ4v) is 3.45. The van der Waals surface area contributed by atoms with Crippen LogP contribution in [0.25, 0.3) is 0 Å². The molecule has 1 saturated heterocycles. The monoisotopic (exact) mass is 253 g/mol. The predicted octanol–water partition coefficient (Wildman–Crippen LogP) is 1.22. The molecular formula is C13H19NO4. The van der Waals surface area contributed by atoms with Crippen LogP contribution in [-0.4, -0.2) is 40.3 Å². The second-order valence-electron chi connectivity index (χ2n) is 5.82. The number of carboxylic acid groups (broad SMARTS) is 1. The second-order valence-corrected chi connectivity index (χ2v) is 5.82. The van der Waals surface area contributed by atoms with Gasteiger partial charge in [0.1, 0.15) is 5.72 Å². The minimum Gasteiger partial charge on any atom is -0.481 e. The van der Waals surface area contributed by atoms with Gasteiger partial charge in [0, 0.05) is 6.54 Å². The van der Waals surface area contributed by atoms with Crippen molar-refractivity contribution in [2.75, 3.05) is 6.54 Å². The average molecular weight is 253 g/mol. The van der Waals surface area contributed by atoms with Gasteiger partial charge in [-0.2, -0.15) is 0 Å². The van der Waals surface area contributed by atoms with Gasteiger partial charge < -0.3 is 14.7 Å². The van der Waals surface area contributed by atoms with Gasteiger partial charge in [0.05, 0.1) is 17.9 Å². The van der Waals surface area contributed by atoms with Gasteiger partial charge in [-0.1, -0.05) is 0 Å². The van der Waals surface area contributed by atoms with Crippen molar-refractivity contribution in [1.29, 1.82) is 0 Å². The Bertz CT molecular complexity index is 388. The van der Waals surface area contributed by atoms with E-state index in [1.807, 2.05) is 11.8 Å². The molecule has 1 amide bonds. The van der Waals surface area contributed by atoms with Crippen molar-refractivity contribution in [2.45, 2.75) is 50.9 Å². The third kappa shape index (κ3) is 1.72. The van der Waals surface area contributed by atoms with Gasteiger partial charge >= 0.3 is 5.97 Å². The number of amides is 1. The summed E-state index contributed by atoms with van der Waals surface area (Å²) in [6, 6.07) is 0. The maximum absolute atomic E-state index is 12.4. The quantitative estimate of drug-likeness (QED) is 0.803. The van der Waals surface area contributed by atoms with Crippen LogP contribution in [0.2, 0.25) is 0 Å². The lowest BCUT2D eigenvalue weighted by Crippen LogP contribution is -2.47. The van der Waals surface area contributed by atoms with E-state index in [1.165, 1.54) is 0 Å². The van der Waals surface area contributed by atoms with Crippen LogP contribution in [0, 0.1) is 11.8 Å². The summed E-state index contributed by atoms with van der Waals surface area (Å²) in [5, 5.41) is 8.92. The van der Waals surface area contributed by atoms with Crippen molar-refractivity contribution in [3.63, 3.8) is 0 Å². The van der Waals surface area contributed by atoms with E-state index < -0.39 is 17.6 Å². The number of carboxylic acids is 1. The first kappa shape index (κ1) is 12.0. The van der Waals surface area contributed by atoms with Gasteiger partial charge in [0.25, 0.3) is 0 Å². The molecule has 3 atom stereocenters. The zero-order chi connectivity index (χ0) is 12.9. The van der Waals surface area contributed by atoms with Gasteiger partial charge in [-0.05, 0) is 39.0 Å². The number of nitrogens with zero attached hydrogens (tertiary/aromatic N) is 1. The van der Waals surface area contributed by atoms with Crippen LogP contribution in [0.5, 0.6) is 0 Å². The van der Waals surface area contributed by atoms with E-state index in [1.54, 1.807) is 0 Å². The van der Waals surface area contributed by atoms with Crippen LogP contribution in [-0.2, 0) is 14.3 Å². The fraction of sp³-hybridized carbons (Fsp3) is 0.846. The number of hydrogen-bond acceptors (Lipinski definition) is 3. The topological polar surface area (TPSA) is 66.8 Å². The van der Waals surface area contributed by atoms with Crippen molar-refractivity contribution in [1.82, 2.24) is 4.90 Å². The van der Waals surface area contributed by atoms with E-state index in [9.17, 15) is 9.59 Å². The van der Waals surface area contributed by atoms with Crippen LogP contribution < -0.4 is 0 Å². The maximum atomic E-state index is 12.4. The molecule has 1 aliphatic heterocycles. The summed E-state index contributed by atoms with van der Waals surface area (Å²) in [6.45, 7) is 2.59. The summed E-state index contributed by atoms with van der Waals surface area (Å²) in [6.07, 6.45) is 4.53. The fourth-order valence-electron chi connectivity index (χ4n) is 3.45. The highest BCUT2D eigenvalue weighted by atomic mass is 16.5. The largest absolute Gasteiger partial charge is 0.481 e. The Labute approximate surface area is 106 Å². The third-order valence-electron chi connectivity index (χ3n) is 4.43. The Kier molecular flexibility index (Phi) is 2.62. The molecule has 0 radical (unpaired) electrons. The smallest absolute Gasteiger partial charge is 0.307 e. The molecule has 0 aromatic rings. The van der Waals surface area contributed by atoms with Crippen molar-refractivity contribution in [3.8, 4) is 0 Å². The standard InChI is InChI=1S/C13H19NO4/c1-8-7-14(13(18-8)4-2-3-5-13)11(15)9-6-10(9)12(16)17/h8-10H,2-7H2,1H3,(H,16,17)/t8-,9+,10+/m1/s1. The van der Waals surface area contributed by atoms with E-state index in [0.717, 1.165) is 25.7 Å². The Morgan fingerprint density at radius 2 is 1.94 bits per heavy atom. The summed E-state index contributed by atoms with van der Waals surface area (Å²) in [7, 11) is 0. The lowest BCUT2D eigenvalue weighted by molar-refractivity contribution is -0.154. The minimum absolute atomic E-state index is 0.00588. The molecule has 2 saturated carbocycles. The molecule has 1 N–H and O–H groups in total. The number of aliphatic carboxylic acids is 1. The first-order valence-electron chi connectivity index (χ1n) is 6.76. The van der Waals surface area contributed by atoms with E-state index in [-0.39, 0.29) is 17.9 Å². The molecule has 2 aliphatic carbocycles. The summed E-state index contributed by atoms with van der Waals surface area (Å²) < 4.78 is 5.97. The van der Waals surface area contributed by atoms with E-state index in [2.05, 4.69) is 0 Å². The lowest BCUT2D eigenvalue weighted by Gasteiger charge is -2.33. The third-order valence-corrected chi connectivity index (χ3v) is 4.43. The SMILES string of the molecule is C[C@@H]1CN(C(=O)[C@H]2C[C@@H]2C(=O)O)C2(CCCC2)O1. The summed E-state index contributed by atoms with van der Waals surface area (Å²) in [4.78, 5) is 25.1. The molecule has 0 aromatic carbocycles. The number of carbonyl (C=O) groups is 2. The molecular weight excluding hydrogens is 234 g/mol. The molecule has 0 aromatic heterocycles. The van der Waals surface area contributed by atoms with Crippen LogP contribution in [0.3, 0.4) is 0 Å². The molecule has 1 heterocycles. The second kappa shape index (κ2) is 3.95. The molecule has 3 aliphatic rings. The van der Waals surface area contributed by atoms with Crippen LogP contribution in [0.15, 0.2) is 0 Å². The van der Waals surface area contributed by atoms with Crippen molar-refractivity contribution in [2.24, 2.45) is 11.8 Å². The van der Waals surface area contributed by atoms with Crippen LogP contribution in [0.1, 0.15) is 39.0 Å².